The normalized spacial score (nSPS) is 14.2. The molecule has 0 saturated heterocycles. The van der Waals surface area contributed by atoms with Gasteiger partial charge in [0.2, 0.25) is 5.43 Å². The molecule has 40 heavy (non-hydrogen) atoms. The molecule has 0 radical (unpaired) electrons. The molecule has 4 aromatic rings. The summed E-state index contributed by atoms with van der Waals surface area (Å²) in [6.07, 6.45) is 1.41. The number of hydrogen-bond acceptors (Lipinski definition) is 10. The van der Waals surface area contributed by atoms with Gasteiger partial charge in [0, 0.05) is 11.5 Å². The Labute approximate surface area is 228 Å². The van der Waals surface area contributed by atoms with Crippen LogP contribution in [-0.2, 0) is 14.3 Å². The molecular formula is C30H26O10. The molecule has 1 aliphatic heterocycles. The number of benzene rings is 3. The Morgan fingerprint density at radius 1 is 0.875 bits per heavy atom. The van der Waals surface area contributed by atoms with Gasteiger partial charge in [-0.1, -0.05) is 12.1 Å². The number of rotatable bonds is 8. The van der Waals surface area contributed by atoms with E-state index in [1.54, 1.807) is 48.5 Å². The van der Waals surface area contributed by atoms with E-state index in [2.05, 4.69) is 4.74 Å². The van der Waals surface area contributed by atoms with Crippen molar-refractivity contribution in [1.29, 1.82) is 0 Å². The van der Waals surface area contributed by atoms with E-state index in [4.69, 9.17) is 28.1 Å². The van der Waals surface area contributed by atoms with Crippen LogP contribution in [0, 0.1) is 0 Å². The third kappa shape index (κ3) is 4.79. The fraction of sp³-hybridized carbons (Fsp3) is 0.233. The Kier molecular flexibility index (Phi) is 7.33. The van der Waals surface area contributed by atoms with Gasteiger partial charge in [-0.3, -0.25) is 9.59 Å². The summed E-state index contributed by atoms with van der Waals surface area (Å²) in [7, 11) is 5.79. The zero-order chi connectivity index (χ0) is 28.4. The smallest absolute Gasteiger partial charge is 0.343 e. The minimum absolute atomic E-state index is 0.0127. The van der Waals surface area contributed by atoms with Crippen LogP contribution in [-0.4, -0.2) is 47.0 Å². The lowest BCUT2D eigenvalue weighted by Gasteiger charge is -2.26. The molecular weight excluding hydrogens is 520 g/mol. The van der Waals surface area contributed by atoms with Crippen molar-refractivity contribution < 1.29 is 42.4 Å². The van der Waals surface area contributed by atoms with E-state index >= 15 is 0 Å². The number of methoxy groups -OCH3 is 4. The molecule has 3 aromatic carbocycles. The molecule has 0 saturated carbocycles. The molecule has 0 bridgehead atoms. The highest BCUT2D eigenvalue weighted by Crippen LogP contribution is 2.44. The highest BCUT2D eigenvalue weighted by molar-refractivity contribution is 5.90. The lowest BCUT2D eigenvalue weighted by Crippen LogP contribution is -2.22. The number of fused-ring (bicyclic) bond motifs is 3. The molecule has 1 aromatic heterocycles. The summed E-state index contributed by atoms with van der Waals surface area (Å²) in [6.45, 7) is -0.289. The van der Waals surface area contributed by atoms with Crippen molar-refractivity contribution in [2.75, 3.05) is 35.0 Å². The van der Waals surface area contributed by atoms with Crippen LogP contribution in [0.3, 0.4) is 0 Å². The van der Waals surface area contributed by atoms with Crippen LogP contribution in [0.4, 0.5) is 0 Å². The first-order chi connectivity index (χ1) is 19.4. The van der Waals surface area contributed by atoms with Crippen LogP contribution >= 0.6 is 0 Å². The Morgan fingerprint density at radius 2 is 1.60 bits per heavy atom. The highest BCUT2D eigenvalue weighted by atomic mass is 16.6. The third-order valence-electron chi connectivity index (χ3n) is 6.74. The number of hydrogen-bond donors (Lipinski definition) is 0. The quantitative estimate of drug-likeness (QED) is 0.231. The summed E-state index contributed by atoms with van der Waals surface area (Å²) in [4.78, 5) is 37.7. The number of esters is 2. The van der Waals surface area contributed by atoms with Crippen LogP contribution in [0.15, 0.2) is 64.0 Å². The summed E-state index contributed by atoms with van der Waals surface area (Å²) >= 11 is 0. The van der Waals surface area contributed by atoms with Gasteiger partial charge >= 0.3 is 11.9 Å². The standard InChI is InChI=1S/C30H26O10/c1-34-21-8-5-17(12-24(21)35-2)20-14-39-30-18(29(20)33)7-10-23-28(30)19(13-26(31)40-23)16-6-9-22(25(11-16)36-3)38-15-27(32)37-4/h5-12,14,19H,13,15H2,1-4H3/t19-/m0/s1. The molecule has 5 rings (SSSR count). The second-order valence-electron chi connectivity index (χ2n) is 8.91. The lowest BCUT2D eigenvalue weighted by molar-refractivity contribution is -0.143. The van der Waals surface area contributed by atoms with Crippen molar-refractivity contribution in [3.63, 3.8) is 0 Å². The topological polar surface area (TPSA) is 120 Å². The number of carbonyl (C=O) groups is 2. The van der Waals surface area contributed by atoms with Crippen LogP contribution in [0.1, 0.15) is 23.5 Å². The van der Waals surface area contributed by atoms with Crippen LogP contribution in [0.2, 0.25) is 0 Å². The molecule has 206 valence electrons. The zero-order valence-corrected chi connectivity index (χ0v) is 22.3. The largest absolute Gasteiger partial charge is 0.493 e. The average molecular weight is 547 g/mol. The fourth-order valence-electron chi connectivity index (χ4n) is 4.76. The summed E-state index contributed by atoms with van der Waals surface area (Å²) in [5.41, 5.74) is 2.27. The first-order valence-corrected chi connectivity index (χ1v) is 12.3. The van der Waals surface area contributed by atoms with E-state index in [0.29, 0.717) is 62.0 Å². The van der Waals surface area contributed by atoms with Gasteiger partial charge in [-0.05, 0) is 47.5 Å². The minimum Gasteiger partial charge on any atom is -0.493 e. The van der Waals surface area contributed by atoms with Crippen molar-refractivity contribution in [1.82, 2.24) is 0 Å². The fourth-order valence-corrected chi connectivity index (χ4v) is 4.76. The Balaban J connectivity index is 1.60. The van der Waals surface area contributed by atoms with Crippen molar-refractivity contribution in [3.8, 4) is 39.9 Å². The van der Waals surface area contributed by atoms with Crippen molar-refractivity contribution in [2.24, 2.45) is 0 Å². The summed E-state index contributed by atoms with van der Waals surface area (Å²) in [5, 5.41) is 0.332. The second-order valence-corrected chi connectivity index (χ2v) is 8.91. The molecule has 0 spiro atoms. The van der Waals surface area contributed by atoms with Gasteiger partial charge in [0.25, 0.3) is 0 Å². The second kappa shape index (κ2) is 11.0. The molecule has 0 unspecified atom stereocenters. The van der Waals surface area contributed by atoms with E-state index in [0.717, 1.165) is 0 Å². The predicted molar refractivity (Wildman–Crippen MR) is 144 cm³/mol. The van der Waals surface area contributed by atoms with Gasteiger partial charge in [0.05, 0.1) is 45.8 Å². The molecule has 0 fully saturated rings. The molecule has 0 amide bonds. The first kappa shape index (κ1) is 26.6. The van der Waals surface area contributed by atoms with E-state index in [9.17, 15) is 14.4 Å². The van der Waals surface area contributed by atoms with Crippen LogP contribution in [0.5, 0.6) is 28.7 Å². The maximum atomic E-state index is 13.7. The maximum absolute atomic E-state index is 13.7. The summed E-state index contributed by atoms with van der Waals surface area (Å²) in [5.74, 6) is 0.547. The summed E-state index contributed by atoms with van der Waals surface area (Å²) in [6, 6.07) is 13.5. The van der Waals surface area contributed by atoms with E-state index < -0.39 is 17.9 Å². The van der Waals surface area contributed by atoms with Gasteiger partial charge < -0.3 is 32.8 Å². The van der Waals surface area contributed by atoms with Crippen molar-refractivity contribution in [3.05, 3.63) is 76.1 Å². The van der Waals surface area contributed by atoms with Crippen molar-refractivity contribution in [2.45, 2.75) is 12.3 Å². The maximum Gasteiger partial charge on any atom is 0.343 e. The van der Waals surface area contributed by atoms with E-state index in [1.165, 1.54) is 34.7 Å². The summed E-state index contributed by atoms with van der Waals surface area (Å²) < 4.78 is 37.9. The molecule has 0 N–H and O–H groups in total. The van der Waals surface area contributed by atoms with Gasteiger partial charge in [0.15, 0.2) is 29.6 Å². The molecule has 2 heterocycles. The Bertz CT molecular complexity index is 1670. The van der Waals surface area contributed by atoms with Gasteiger partial charge in [0.1, 0.15) is 17.6 Å². The van der Waals surface area contributed by atoms with Gasteiger partial charge in [-0.2, -0.15) is 0 Å². The number of carbonyl (C=O) groups excluding carboxylic acids is 2. The lowest BCUT2D eigenvalue weighted by atomic mass is 9.85. The molecule has 0 aliphatic carbocycles. The first-order valence-electron chi connectivity index (χ1n) is 12.3. The van der Waals surface area contributed by atoms with E-state index in [1.807, 2.05) is 0 Å². The Hall–Kier alpha value is -4.99. The monoisotopic (exact) mass is 546 g/mol. The zero-order valence-electron chi connectivity index (χ0n) is 22.3. The minimum atomic E-state index is -0.538. The Morgan fingerprint density at radius 3 is 2.33 bits per heavy atom. The molecule has 10 nitrogen and oxygen atoms in total. The number of ether oxygens (including phenoxy) is 6. The SMILES string of the molecule is COC(=O)COc1ccc([C@@H]2CC(=O)Oc3ccc4c(=O)c(-c5ccc(OC)c(OC)c5)coc4c32)cc1OC. The third-order valence-corrected chi connectivity index (χ3v) is 6.74. The predicted octanol–water partition coefficient (Wildman–Crippen LogP) is 4.48. The molecule has 1 atom stereocenters. The van der Waals surface area contributed by atoms with Crippen molar-refractivity contribution >= 4 is 22.9 Å². The van der Waals surface area contributed by atoms with Gasteiger partial charge in [-0.25, -0.2) is 4.79 Å². The van der Waals surface area contributed by atoms with Crippen LogP contribution in [0.25, 0.3) is 22.1 Å². The molecule has 1 aliphatic rings. The molecule has 10 heteroatoms. The highest BCUT2D eigenvalue weighted by Gasteiger charge is 2.33. The van der Waals surface area contributed by atoms with E-state index in [-0.39, 0.29) is 18.5 Å². The van der Waals surface area contributed by atoms with Gasteiger partial charge in [-0.15, -0.1) is 0 Å². The average Bonchev–Trinajstić information content (AvgIpc) is 2.98. The van der Waals surface area contributed by atoms with Crippen LogP contribution < -0.4 is 29.1 Å².